The summed E-state index contributed by atoms with van der Waals surface area (Å²) in [4.78, 5) is 24.0. The highest BCUT2D eigenvalue weighted by Gasteiger charge is 2.19. The van der Waals surface area contributed by atoms with E-state index in [1.54, 1.807) is 24.5 Å². The van der Waals surface area contributed by atoms with Crippen molar-refractivity contribution in [3.63, 3.8) is 0 Å². The van der Waals surface area contributed by atoms with Crippen LogP contribution in [-0.2, 0) is 10.0 Å². The summed E-state index contributed by atoms with van der Waals surface area (Å²) in [5.41, 5.74) is 0.288. The molecule has 0 saturated carbocycles. The molecule has 0 saturated heterocycles. The second kappa shape index (κ2) is 7.02. The van der Waals surface area contributed by atoms with Crippen molar-refractivity contribution in [2.75, 3.05) is 11.0 Å². The van der Waals surface area contributed by atoms with Gasteiger partial charge in [-0.2, -0.15) is 0 Å². The van der Waals surface area contributed by atoms with Gasteiger partial charge in [-0.05, 0) is 18.2 Å². The van der Waals surface area contributed by atoms with Crippen molar-refractivity contribution in [1.29, 1.82) is 0 Å². The van der Waals surface area contributed by atoms with Crippen LogP contribution in [0.2, 0.25) is 5.15 Å². The average Bonchev–Trinajstić information content (AvgIpc) is 2.55. The molecule has 9 nitrogen and oxygen atoms in total. The SMILES string of the molecule is CS(=O)(=O)Nc1nc2cc(Sc3ccncc3)c([N+](=O)[O-])cc2nc1Cl. The van der Waals surface area contributed by atoms with Crippen LogP contribution < -0.4 is 4.72 Å². The zero-order valence-corrected chi connectivity index (χ0v) is 15.5. The number of sulfonamides is 1. The smallest absolute Gasteiger partial charge is 0.265 e. The number of pyridine rings is 1. The van der Waals surface area contributed by atoms with Gasteiger partial charge in [0, 0.05) is 23.4 Å². The lowest BCUT2D eigenvalue weighted by Crippen LogP contribution is -2.12. The van der Waals surface area contributed by atoms with Gasteiger partial charge in [0.25, 0.3) is 5.69 Å². The van der Waals surface area contributed by atoms with Crippen molar-refractivity contribution in [2.24, 2.45) is 0 Å². The minimum absolute atomic E-state index is 0.143. The number of rotatable bonds is 5. The van der Waals surface area contributed by atoms with Gasteiger partial charge in [0.1, 0.15) is 0 Å². The number of nitrogens with one attached hydrogen (secondary N) is 1. The quantitative estimate of drug-likeness (QED) is 0.501. The molecule has 12 heteroatoms. The first-order chi connectivity index (χ1) is 12.2. The van der Waals surface area contributed by atoms with Crippen molar-refractivity contribution in [3.05, 3.63) is 51.9 Å². The van der Waals surface area contributed by atoms with E-state index >= 15 is 0 Å². The molecule has 0 aliphatic carbocycles. The largest absolute Gasteiger partial charge is 0.285 e. The third-order valence-corrected chi connectivity index (χ3v) is 4.94. The first-order valence-corrected chi connectivity index (χ1v) is 10.0. The fourth-order valence-corrected chi connectivity index (χ4v) is 3.70. The molecule has 2 aromatic heterocycles. The highest BCUT2D eigenvalue weighted by Crippen LogP contribution is 2.37. The van der Waals surface area contributed by atoms with Gasteiger partial charge in [0.15, 0.2) is 11.0 Å². The van der Waals surface area contributed by atoms with Crippen molar-refractivity contribution in [2.45, 2.75) is 9.79 Å². The van der Waals surface area contributed by atoms with Crippen LogP contribution in [0.3, 0.4) is 0 Å². The zero-order chi connectivity index (χ0) is 18.9. The van der Waals surface area contributed by atoms with Gasteiger partial charge < -0.3 is 0 Å². The summed E-state index contributed by atoms with van der Waals surface area (Å²) in [5, 5.41) is 11.2. The van der Waals surface area contributed by atoms with Crippen molar-refractivity contribution in [3.8, 4) is 0 Å². The lowest BCUT2D eigenvalue weighted by molar-refractivity contribution is -0.387. The molecule has 2 heterocycles. The number of hydrogen-bond donors (Lipinski definition) is 1. The summed E-state index contributed by atoms with van der Waals surface area (Å²) in [5.74, 6) is -0.143. The molecule has 26 heavy (non-hydrogen) atoms. The average molecular weight is 412 g/mol. The Hall–Kier alpha value is -2.50. The third-order valence-electron chi connectivity index (χ3n) is 3.06. The van der Waals surface area contributed by atoms with Crippen LogP contribution in [0.1, 0.15) is 0 Å². The van der Waals surface area contributed by atoms with Crippen LogP contribution in [0, 0.1) is 10.1 Å². The zero-order valence-electron chi connectivity index (χ0n) is 13.1. The highest BCUT2D eigenvalue weighted by atomic mass is 35.5. The number of anilines is 1. The molecule has 134 valence electrons. The van der Waals surface area contributed by atoms with Crippen molar-refractivity contribution >= 4 is 55.9 Å². The van der Waals surface area contributed by atoms with Gasteiger partial charge >= 0.3 is 0 Å². The summed E-state index contributed by atoms with van der Waals surface area (Å²) >= 11 is 7.09. The first kappa shape index (κ1) is 18.3. The van der Waals surface area contributed by atoms with Crippen LogP contribution in [0.4, 0.5) is 11.5 Å². The molecule has 0 atom stereocenters. The van der Waals surface area contributed by atoms with Gasteiger partial charge in [-0.25, -0.2) is 18.4 Å². The Bertz CT molecular complexity index is 1110. The summed E-state index contributed by atoms with van der Waals surface area (Å²) in [6, 6.07) is 6.14. The Labute approximate surface area is 157 Å². The summed E-state index contributed by atoms with van der Waals surface area (Å²) in [7, 11) is -3.61. The van der Waals surface area contributed by atoms with Gasteiger partial charge in [-0.1, -0.05) is 23.4 Å². The first-order valence-electron chi connectivity index (χ1n) is 6.94. The normalized spacial score (nSPS) is 11.5. The van der Waals surface area contributed by atoms with Crippen LogP contribution in [0.15, 0.2) is 46.5 Å². The molecule has 0 radical (unpaired) electrons. The van der Waals surface area contributed by atoms with E-state index in [0.717, 1.165) is 22.9 Å². The molecule has 3 aromatic rings. The summed E-state index contributed by atoms with van der Waals surface area (Å²) < 4.78 is 25.0. The Kier molecular flexibility index (Phi) is 4.94. The minimum atomic E-state index is -3.61. The van der Waals surface area contributed by atoms with Crippen LogP contribution in [-0.4, -0.2) is 34.5 Å². The van der Waals surface area contributed by atoms with Crippen LogP contribution >= 0.6 is 23.4 Å². The predicted octanol–water partition coefficient (Wildman–Crippen LogP) is 3.11. The summed E-state index contributed by atoms with van der Waals surface area (Å²) in [6.07, 6.45) is 4.10. The fourth-order valence-electron chi connectivity index (χ4n) is 2.05. The van der Waals surface area contributed by atoms with E-state index in [0.29, 0.717) is 4.90 Å². The molecule has 0 amide bonds. The number of halogens is 1. The van der Waals surface area contributed by atoms with Gasteiger partial charge in [0.2, 0.25) is 10.0 Å². The van der Waals surface area contributed by atoms with Gasteiger partial charge in [-0.3, -0.25) is 19.8 Å². The van der Waals surface area contributed by atoms with E-state index in [9.17, 15) is 18.5 Å². The maximum Gasteiger partial charge on any atom is 0.285 e. The Morgan fingerprint density at radius 1 is 1.19 bits per heavy atom. The second-order valence-corrected chi connectivity index (χ2v) is 8.31. The van der Waals surface area contributed by atoms with E-state index < -0.39 is 14.9 Å². The lowest BCUT2D eigenvalue weighted by Gasteiger charge is -2.08. The standard InChI is InChI=1S/C14H10ClN5O4S2/c1-26(23,24)19-14-13(15)17-9-6-11(20(21)22)12(7-10(9)18-14)25-8-2-4-16-5-3-8/h2-7H,1H3,(H,18,19). The number of nitrogens with zero attached hydrogens (tertiary/aromatic N) is 4. The minimum Gasteiger partial charge on any atom is -0.265 e. The molecule has 0 bridgehead atoms. The molecule has 3 rings (SSSR count). The highest BCUT2D eigenvalue weighted by molar-refractivity contribution is 7.99. The maximum absolute atomic E-state index is 11.4. The molecule has 1 aromatic carbocycles. The Morgan fingerprint density at radius 2 is 1.85 bits per heavy atom. The van der Waals surface area contributed by atoms with Gasteiger partial charge in [0.05, 0.1) is 27.1 Å². The number of aromatic nitrogens is 3. The molecular formula is C14H10ClN5O4S2. The van der Waals surface area contributed by atoms with Crippen molar-refractivity contribution < 1.29 is 13.3 Å². The monoisotopic (exact) mass is 411 g/mol. The summed E-state index contributed by atoms with van der Waals surface area (Å²) in [6.45, 7) is 0. The predicted molar refractivity (Wildman–Crippen MR) is 98.0 cm³/mol. The maximum atomic E-state index is 11.4. The molecule has 0 aliphatic rings. The van der Waals surface area contributed by atoms with Crippen LogP contribution in [0.5, 0.6) is 0 Å². The van der Waals surface area contributed by atoms with E-state index in [4.69, 9.17) is 11.6 Å². The molecule has 0 aliphatic heterocycles. The molecule has 0 fully saturated rings. The molecule has 1 N–H and O–H groups in total. The number of nitro groups is 1. The van der Waals surface area contributed by atoms with E-state index in [1.807, 2.05) is 0 Å². The molecule has 0 unspecified atom stereocenters. The number of hydrogen-bond acceptors (Lipinski definition) is 8. The Balaban J connectivity index is 2.15. The number of fused-ring (bicyclic) bond motifs is 1. The topological polar surface area (TPSA) is 128 Å². The van der Waals surface area contributed by atoms with E-state index in [2.05, 4.69) is 19.7 Å². The fraction of sp³-hybridized carbons (Fsp3) is 0.0714. The second-order valence-electron chi connectivity index (χ2n) is 5.09. The Morgan fingerprint density at radius 3 is 2.46 bits per heavy atom. The number of benzene rings is 1. The number of nitro benzene ring substituents is 1. The van der Waals surface area contributed by atoms with Crippen molar-refractivity contribution in [1.82, 2.24) is 15.0 Å². The third kappa shape index (κ3) is 4.18. The van der Waals surface area contributed by atoms with E-state index in [1.165, 1.54) is 12.1 Å². The van der Waals surface area contributed by atoms with E-state index in [-0.39, 0.29) is 27.7 Å². The molecule has 0 spiro atoms. The lowest BCUT2D eigenvalue weighted by atomic mass is 10.2. The molecular weight excluding hydrogens is 402 g/mol. The van der Waals surface area contributed by atoms with Crippen LogP contribution in [0.25, 0.3) is 11.0 Å². The van der Waals surface area contributed by atoms with Gasteiger partial charge in [-0.15, -0.1) is 0 Å².